The number of ether oxygens (including phenoxy) is 2. The average Bonchev–Trinajstić information content (AvgIpc) is 3.29. The highest BCUT2D eigenvalue weighted by molar-refractivity contribution is 7.89. The topological polar surface area (TPSA) is 121 Å². The maximum atomic E-state index is 13.1. The lowest BCUT2D eigenvalue weighted by molar-refractivity contribution is 0.291. The summed E-state index contributed by atoms with van der Waals surface area (Å²) >= 11 is 0. The van der Waals surface area contributed by atoms with Gasteiger partial charge in [-0.3, -0.25) is 0 Å². The van der Waals surface area contributed by atoms with Crippen molar-refractivity contribution in [2.75, 3.05) is 27.3 Å². The van der Waals surface area contributed by atoms with E-state index in [0.717, 1.165) is 5.69 Å². The lowest BCUT2D eigenvalue weighted by Gasteiger charge is -2.29. The molecule has 1 fully saturated rings. The van der Waals surface area contributed by atoms with E-state index in [2.05, 4.69) is 20.2 Å². The van der Waals surface area contributed by atoms with Gasteiger partial charge >= 0.3 is 0 Å². The molecule has 0 unspecified atom stereocenters. The highest BCUT2D eigenvalue weighted by Crippen LogP contribution is 2.34. The van der Waals surface area contributed by atoms with E-state index >= 15 is 0 Å². The van der Waals surface area contributed by atoms with Crippen LogP contribution in [-0.4, -0.2) is 60.2 Å². The van der Waals surface area contributed by atoms with Gasteiger partial charge in [0.2, 0.25) is 15.9 Å². The Hall–Kier alpha value is -3.05. The van der Waals surface area contributed by atoms with Gasteiger partial charge in [0.05, 0.1) is 30.4 Å². The van der Waals surface area contributed by atoms with Crippen LogP contribution in [0.25, 0.3) is 11.5 Å². The highest BCUT2D eigenvalue weighted by Gasteiger charge is 2.32. The van der Waals surface area contributed by atoms with Crippen LogP contribution >= 0.6 is 0 Å². The molecule has 4 rings (SSSR count). The van der Waals surface area contributed by atoms with Crippen LogP contribution in [0.15, 0.2) is 40.0 Å². The van der Waals surface area contributed by atoms with Crippen molar-refractivity contribution >= 4 is 10.0 Å². The first-order valence-electron chi connectivity index (χ1n) is 9.76. The number of benzene rings is 1. The van der Waals surface area contributed by atoms with Crippen LogP contribution < -0.4 is 9.47 Å². The molecule has 0 bridgehead atoms. The lowest BCUT2D eigenvalue weighted by Crippen LogP contribution is -2.38. The maximum Gasteiger partial charge on any atom is 0.251 e. The molecule has 2 aromatic heterocycles. The van der Waals surface area contributed by atoms with Gasteiger partial charge in [-0.05, 0) is 31.9 Å². The fourth-order valence-corrected chi connectivity index (χ4v) is 5.06. The molecule has 0 saturated carbocycles. The Balaban J connectivity index is 1.47. The third-order valence-corrected chi connectivity index (χ3v) is 7.27. The van der Waals surface area contributed by atoms with Crippen LogP contribution in [-0.2, 0) is 10.0 Å². The van der Waals surface area contributed by atoms with Crippen LogP contribution in [0.3, 0.4) is 0 Å². The average molecular weight is 446 g/mol. The van der Waals surface area contributed by atoms with E-state index in [-0.39, 0.29) is 10.8 Å². The van der Waals surface area contributed by atoms with Gasteiger partial charge in [-0.1, -0.05) is 0 Å². The Morgan fingerprint density at radius 2 is 1.84 bits per heavy atom. The number of aromatic nitrogens is 4. The second-order valence-electron chi connectivity index (χ2n) is 7.16. The fraction of sp³-hybridized carbons (Fsp3) is 0.400. The molecule has 1 saturated heterocycles. The molecule has 3 heterocycles. The summed E-state index contributed by atoms with van der Waals surface area (Å²) < 4.78 is 43.9. The van der Waals surface area contributed by atoms with Crippen molar-refractivity contribution in [2.24, 2.45) is 0 Å². The van der Waals surface area contributed by atoms with E-state index in [1.807, 2.05) is 6.92 Å². The first-order valence-corrected chi connectivity index (χ1v) is 11.2. The first kappa shape index (κ1) is 21.2. The largest absolute Gasteiger partial charge is 0.493 e. The summed E-state index contributed by atoms with van der Waals surface area (Å²) in [6, 6.07) is 4.60. The van der Waals surface area contributed by atoms with Crippen molar-refractivity contribution in [3.05, 3.63) is 42.3 Å². The zero-order chi connectivity index (χ0) is 22.0. The highest BCUT2D eigenvalue weighted by atomic mass is 32.2. The minimum Gasteiger partial charge on any atom is -0.493 e. The monoisotopic (exact) mass is 445 g/mol. The molecule has 0 amide bonds. The quantitative estimate of drug-likeness (QED) is 0.563. The number of hydrogen-bond acceptors (Lipinski definition) is 9. The van der Waals surface area contributed by atoms with Gasteiger partial charge in [0.15, 0.2) is 11.5 Å². The van der Waals surface area contributed by atoms with E-state index in [4.69, 9.17) is 13.9 Å². The van der Waals surface area contributed by atoms with Crippen LogP contribution in [0.5, 0.6) is 11.5 Å². The summed E-state index contributed by atoms with van der Waals surface area (Å²) in [6.45, 7) is 2.55. The molecule has 3 aromatic rings. The van der Waals surface area contributed by atoms with Gasteiger partial charge in [0.25, 0.3) is 5.89 Å². The van der Waals surface area contributed by atoms with Gasteiger partial charge in [-0.15, -0.1) is 10.2 Å². The number of nitrogens with zero attached hydrogens (tertiary/aromatic N) is 5. The van der Waals surface area contributed by atoms with E-state index < -0.39 is 10.0 Å². The third-order valence-electron chi connectivity index (χ3n) is 5.38. The van der Waals surface area contributed by atoms with Crippen LogP contribution in [0.4, 0.5) is 0 Å². The molecule has 1 aliphatic rings. The maximum absolute atomic E-state index is 13.1. The Morgan fingerprint density at radius 3 is 2.52 bits per heavy atom. The zero-order valence-corrected chi connectivity index (χ0v) is 18.3. The summed E-state index contributed by atoms with van der Waals surface area (Å²) in [6.07, 6.45) is 4.26. The van der Waals surface area contributed by atoms with Crippen molar-refractivity contribution in [3.63, 3.8) is 0 Å². The summed E-state index contributed by atoms with van der Waals surface area (Å²) in [4.78, 5) is 8.31. The molecular weight excluding hydrogens is 422 g/mol. The van der Waals surface area contributed by atoms with Crippen molar-refractivity contribution in [1.29, 1.82) is 0 Å². The fourth-order valence-electron chi connectivity index (χ4n) is 3.58. The third kappa shape index (κ3) is 4.10. The number of rotatable bonds is 6. The van der Waals surface area contributed by atoms with Crippen LogP contribution in [0, 0.1) is 6.92 Å². The molecule has 31 heavy (non-hydrogen) atoms. The molecule has 1 aromatic carbocycles. The number of methoxy groups -OCH3 is 2. The van der Waals surface area contributed by atoms with E-state index in [1.165, 1.54) is 37.0 Å². The minimum atomic E-state index is -3.65. The summed E-state index contributed by atoms with van der Waals surface area (Å²) in [7, 11) is -0.675. The summed E-state index contributed by atoms with van der Waals surface area (Å²) in [5.74, 6) is 1.71. The van der Waals surface area contributed by atoms with Crippen molar-refractivity contribution in [2.45, 2.75) is 30.6 Å². The number of sulfonamides is 1. The molecule has 0 radical (unpaired) electrons. The first-order chi connectivity index (χ1) is 14.9. The molecule has 1 aliphatic heterocycles. The van der Waals surface area contributed by atoms with Gasteiger partial charge in [-0.2, -0.15) is 4.31 Å². The molecular formula is C20H23N5O5S. The SMILES string of the molecule is COc1ccc(S(=O)(=O)N2CCC(c3nnc(-c4cncnc4C)o3)CC2)cc1OC. The van der Waals surface area contributed by atoms with Crippen molar-refractivity contribution in [1.82, 2.24) is 24.5 Å². The molecule has 0 aliphatic carbocycles. The molecule has 10 nitrogen and oxygen atoms in total. The second kappa shape index (κ2) is 8.60. The predicted molar refractivity (Wildman–Crippen MR) is 110 cm³/mol. The molecule has 11 heteroatoms. The molecule has 0 atom stereocenters. The summed E-state index contributed by atoms with van der Waals surface area (Å²) in [5.41, 5.74) is 1.44. The molecule has 0 N–H and O–H groups in total. The number of piperidine rings is 1. The second-order valence-corrected chi connectivity index (χ2v) is 9.10. The molecule has 0 spiro atoms. The Morgan fingerprint density at radius 1 is 1.10 bits per heavy atom. The van der Waals surface area contributed by atoms with Gasteiger partial charge in [-0.25, -0.2) is 18.4 Å². The summed E-state index contributed by atoms with van der Waals surface area (Å²) in [5, 5.41) is 8.29. The smallest absolute Gasteiger partial charge is 0.251 e. The Labute approximate surface area is 180 Å². The number of hydrogen-bond donors (Lipinski definition) is 0. The van der Waals surface area contributed by atoms with Crippen molar-refractivity contribution in [3.8, 4) is 23.0 Å². The van der Waals surface area contributed by atoms with Crippen molar-refractivity contribution < 1.29 is 22.3 Å². The van der Waals surface area contributed by atoms with E-state index in [0.29, 0.717) is 54.8 Å². The Kier molecular flexibility index (Phi) is 5.88. The van der Waals surface area contributed by atoms with Gasteiger partial charge in [0.1, 0.15) is 6.33 Å². The van der Waals surface area contributed by atoms with Gasteiger partial charge in [0, 0.05) is 31.3 Å². The minimum absolute atomic E-state index is 0.0111. The normalized spacial score (nSPS) is 15.7. The van der Waals surface area contributed by atoms with E-state index in [9.17, 15) is 8.42 Å². The number of aryl methyl sites for hydroxylation is 1. The molecule has 164 valence electrons. The lowest BCUT2D eigenvalue weighted by atomic mass is 9.98. The predicted octanol–water partition coefficient (Wildman–Crippen LogP) is 2.42. The standard InChI is InChI=1S/C20H23N5O5S/c1-13-16(11-21-12-22-13)20-24-23-19(30-20)14-6-8-25(9-7-14)31(26,27)15-4-5-17(28-2)18(10-15)29-3/h4-5,10-12,14H,6-9H2,1-3H3. The van der Waals surface area contributed by atoms with Crippen LogP contribution in [0.1, 0.15) is 30.3 Å². The van der Waals surface area contributed by atoms with Gasteiger partial charge < -0.3 is 13.9 Å². The Bertz CT molecular complexity index is 1170. The zero-order valence-electron chi connectivity index (χ0n) is 17.5. The van der Waals surface area contributed by atoms with Crippen LogP contribution in [0.2, 0.25) is 0 Å². The van der Waals surface area contributed by atoms with E-state index in [1.54, 1.807) is 12.3 Å².